The van der Waals surface area contributed by atoms with Crippen molar-refractivity contribution >= 4 is 17.7 Å². The number of rotatable bonds is 4. The van der Waals surface area contributed by atoms with Gasteiger partial charge in [-0.2, -0.15) is 0 Å². The first kappa shape index (κ1) is 14.8. The normalized spacial score (nSPS) is 16.1. The summed E-state index contributed by atoms with van der Waals surface area (Å²) in [5, 5.41) is 2.92. The van der Waals surface area contributed by atoms with Gasteiger partial charge in [-0.25, -0.2) is 0 Å². The van der Waals surface area contributed by atoms with E-state index in [-0.39, 0.29) is 12.0 Å². The first-order valence-electron chi connectivity index (χ1n) is 7.07. The molecule has 0 saturated carbocycles. The summed E-state index contributed by atoms with van der Waals surface area (Å²) in [6.45, 7) is 0.845. The van der Waals surface area contributed by atoms with Gasteiger partial charge in [-0.1, -0.05) is 24.3 Å². The second-order valence-corrected chi connectivity index (χ2v) is 5.76. The summed E-state index contributed by atoms with van der Waals surface area (Å²) in [6.07, 6.45) is 1.78. The number of benzene rings is 2. The van der Waals surface area contributed by atoms with Gasteiger partial charge in [0.05, 0.1) is 12.1 Å². The first-order valence-corrected chi connectivity index (χ1v) is 8.30. The highest BCUT2D eigenvalue weighted by Crippen LogP contribution is 2.30. The molecule has 0 aliphatic carbocycles. The maximum absolute atomic E-state index is 12.3. The molecule has 3 rings (SSSR count). The molecule has 1 amide bonds. The molecule has 1 heterocycles. The molecule has 2 aromatic rings. The molecule has 4 nitrogen and oxygen atoms in total. The maximum Gasteiger partial charge on any atom is 0.252 e. The number of amides is 1. The van der Waals surface area contributed by atoms with Crippen LogP contribution in [0, 0.1) is 0 Å². The van der Waals surface area contributed by atoms with Crippen LogP contribution in [0.4, 0.5) is 0 Å². The second kappa shape index (κ2) is 6.75. The number of hydrogen-bond donors (Lipinski definition) is 1. The lowest BCUT2D eigenvalue weighted by molar-refractivity contribution is 0.0787. The van der Waals surface area contributed by atoms with Gasteiger partial charge < -0.3 is 14.8 Å². The van der Waals surface area contributed by atoms with E-state index in [1.807, 2.05) is 54.8 Å². The summed E-state index contributed by atoms with van der Waals surface area (Å²) in [6, 6.07) is 15.1. The van der Waals surface area contributed by atoms with Crippen LogP contribution < -0.4 is 14.8 Å². The first-order chi connectivity index (χ1) is 10.8. The molecule has 5 heteroatoms. The molecule has 114 valence electrons. The number of carbonyl (C=O) groups excluding carboxylic acids is 1. The Bertz CT molecular complexity index is 674. The van der Waals surface area contributed by atoms with Gasteiger partial charge in [0.25, 0.3) is 5.91 Å². The summed E-state index contributed by atoms with van der Waals surface area (Å²) in [4.78, 5) is 13.3. The predicted molar refractivity (Wildman–Crippen MR) is 86.9 cm³/mol. The van der Waals surface area contributed by atoms with Gasteiger partial charge in [0, 0.05) is 4.90 Å². The molecule has 0 bridgehead atoms. The van der Waals surface area contributed by atoms with E-state index >= 15 is 0 Å². The Balaban J connectivity index is 1.60. The standard InChI is InChI=1S/C17H17NO3S/c1-22-16-9-5-2-6-13(16)17(19)18-10-12-11-20-14-7-3-4-8-15(14)21-12/h2-9,12H,10-11H2,1H3,(H,18,19). The van der Waals surface area contributed by atoms with Crippen LogP contribution in [0.25, 0.3) is 0 Å². The third kappa shape index (κ3) is 3.20. The average Bonchev–Trinajstić information content (AvgIpc) is 2.59. The molecule has 0 radical (unpaired) electrons. The Morgan fingerprint density at radius 1 is 1.18 bits per heavy atom. The molecule has 0 saturated heterocycles. The van der Waals surface area contributed by atoms with Crippen molar-refractivity contribution in [2.45, 2.75) is 11.0 Å². The van der Waals surface area contributed by atoms with Crippen LogP contribution in [-0.2, 0) is 0 Å². The fourth-order valence-corrected chi connectivity index (χ4v) is 2.89. The molecule has 2 aromatic carbocycles. The lowest BCUT2D eigenvalue weighted by atomic mass is 10.2. The Hall–Kier alpha value is -2.14. The molecule has 1 unspecified atom stereocenters. The molecule has 22 heavy (non-hydrogen) atoms. The van der Waals surface area contributed by atoms with Crippen molar-refractivity contribution in [3.63, 3.8) is 0 Å². The summed E-state index contributed by atoms with van der Waals surface area (Å²) in [5.41, 5.74) is 0.687. The van der Waals surface area contributed by atoms with Gasteiger partial charge in [-0.3, -0.25) is 4.79 Å². The minimum Gasteiger partial charge on any atom is -0.486 e. The number of fused-ring (bicyclic) bond motifs is 1. The van der Waals surface area contributed by atoms with Gasteiger partial charge in [-0.15, -0.1) is 11.8 Å². The Morgan fingerprint density at radius 3 is 2.73 bits per heavy atom. The van der Waals surface area contributed by atoms with Crippen LogP contribution in [0.2, 0.25) is 0 Å². The third-order valence-electron chi connectivity index (χ3n) is 3.41. The van der Waals surface area contributed by atoms with Crippen molar-refractivity contribution in [1.82, 2.24) is 5.32 Å². The summed E-state index contributed by atoms with van der Waals surface area (Å²) >= 11 is 1.56. The Morgan fingerprint density at radius 2 is 1.91 bits per heavy atom. The highest BCUT2D eigenvalue weighted by Gasteiger charge is 2.21. The van der Waals surface area contributed by atoms with Crippen LogP contribution >= 0.6 is 11.8 Å². The van der Waals surface area contributed by atoms with E-state index in [9.17, 15) is 4.79 Å². The van der Waals surface area contributed by atoms with Crippen molar-refractivity contribution in [2.75, 3.05) is 19.4 Å². The van der Waals surface area contributed by atoms with Gasteiger partial charge in [-0.05, 0) is 30.5 Å². The maximum atomic E-state index is 12.3. The van der Waals surface area contributed by atoms with Gasteiger partial charge in [0.1, 0.15) is 12.7 Å². The topological polar surface area (TPSA) is 47.6 Å². The highest BCUT2D eigenvalue weighted by atomic mass is 32.2. The molecule has 1 aliphatic heterocycles. The number of hydrogen-bond acceptors (Lipinski definition) is 4. The van der Waals surface area contributed by atoms with Gasteiger partial charge in [0.2, 0.25) is 0 Å². The molecule has 1 N–H and O–H groups in total. The molecule has 0 aromatic heterocycles. The number of ether oxygens (including phenoxy) is 2. The molecule has 1 aliphatic rings. The van der Waals surface area contributed by atoms with E-state index in [0.717, 1.165) is 16.4 Å². The number of para-hydroxylation sites is 2. The number of thioether (sulfide) groups is 1. The summed E-state index contributed by atoms with van der Waals surface area (Å²) < 4.78 is 11.5. The number of carbonyl (C=O) groups is 1. The number of nitrogens with one attached hydrogen (secondary N) is 1. The van der Waals surface area contributed by atoms with Crippen LogP contribution in [0.5, 0.6) is 11.5 Å². The SMILES string of the molecule is CSc1ccccc1C(=O)NCC1COc2ccccc2O1. The largest absolute Gasteiger partial charge is 0.486 e. The third-order valence-corrected chi connectivity index (χ3v) is 4.21. The zero-order valence-electron chi connectivity index (χ0n) is 12.2. The fourth-order valence-electron chi connectivity index (χ4n) is 2.30. The van der Waals surface area contributed by atoms with E-state index in [1.54, 1.807) is 11.8 Å². The molecule has 0 fully saturated rings. The van der Waals surface area contributed by atoms with E-state index in [2.05, 4.69) is 5.32 Å². The second-order valence-electron chi connectivity index (χ2n) is 4.91. The van der Waals surface area contributed by atoms with Crippen molar-refractivity contribution in [1.29, 1.82) is 0 Å². The fraction of sp³-hybridized carbons (Fsp3) is 0.235. The minimum absolute atomic E-state index is 0.0904. The highest BCUT2D eigenvalue weighted by molar-refractivity contribution is 7.98. The molecule has 1 atom stereocenters. The summed E-state index contributed by atoms with van der Waals surface area (Å²) in [7, 11) is 0. The van der Waals surface area contributed by atoms with Gasteiger partial charge in [0.15, 0.2) is 11.5 Å². The summed E-state index contributed by atoms with van der Waals surface area (Å²) in [5.74, 6) is 1.38. The average molecular weight is 315 g/mol. The molecule has 0 spiro atoms. The smallest absolute Gasteiger partial charge is 0.252 e. The van der Waals surface area contributed by atoms with Crippen molar-refractivity contribution in [2.24, 2.45) is 0 Å². The zero-order chi connectivity index (χ0) is 15.4. The monoisotopic (exact) mass is 315 g/mol. The van der Waals surface area contributed by atoms with E-state index in [4.69, 9.17) is 9.47 Å². The van der Waals surface area contributed by atoms with Crippen molar-refractivity contribution in [3.8, 4) is 11.5 Å². The van der Waals surface area contributed by atoms with E-state index in [1.165, 1.54) is 0 Å². The zero-order valence-corrected chi connectivity index (χ0v) is 13.1. The molecular weight excluding hydrogens is 298 g/mol. The molecular formula is C17H17NO3S. The van der Waals surface area contributed by atoms with Crippen LogP contribution in [0.3, 0.4) is 0 Å². The Kier molecular flexibility index (Phi) is 4.53. The van der Waals surface area contributed by atoms with Crippen molar-refractivity contribution < 1.29 is 14.3 Å². The lowest BCUT2D eigenvalue weighted by Crippen LogP contribution is -2.40. The van der Waals surface area contributed by atoms with Crippen LogP contribution in [-0.4, -0.2) is 31.4 Å². The van der Waals surface area contributed by atoms with Crippen LogP contribution in [0.1, 0.15) is 10.4 Å². The Labute approximate surface area is 133 Å². The van der Waals surface area contributed by atoms with E-state index < -0.39 is 0 Å². The van der Waals surface area contributed by atoms with E-state index in [0.29, 0.717) is 18.7 Å². The van der Waals surface area contributed by atoms with Crippen LogP contribution in [0.15, 0.2) is 53.4 Å². The lowest BCUT2D eigenvalue weighted by Gasteiger charge is -2.26. The quantitative estimate of drug-likeness (QED) is 0.881. The predicted octanol–water partition coefficient (Wildman–Crippen LogP) is 2.98. The van der Waals surface area contributed by atoms with Crippen molar-refractivity contribution in [3.05, 3.63) is 54.1 Å². The minimum atomic E-state index is -0.180. The van der Waals surface area contributed by atoms with Gasteiger partial charge >= 0.3 is 0 Å².